The van der Waals surface area contributed by atoms with E-state index in [2.05, 4.69) is 35.5 Å². The van der Waals surface area contributed by atoms with Crippen LogP contribution in [0.25, 0.3) is 33.9 Å². The molecule has 0 atom stereocenters. The molecule has 10 heteroatoms. The maximum absolute atomic E-state index is 13.4. The average molecular weight is 383 g/mol. The number of hydrogen-bond donors (Lipinski definition) is 3. The van der Waals surface area contributed by atoms with Crippen molar-refractivity contribution in [3.05, 3.63) is 48.2 Å². The zero-order valence-electron chi connectivity index (χ0n) is 14.4. The molecule has 28 heavy (non-hydrogen) atoms. The van der Waals surface area contributed by atoms with Crippen molar-refractivity contribution < 1.29 is 13.2 Å². The van der Waals surface area contributed by atoms with Crippen molar-refractivity contribution in [1.29, 1.82) is 0 Å². The van der Waals surface area contributed by atoms with E-state index in [4.69, 9.17) is 0 Å². The molecule has 5 heterocycles. The number of aryl methyl sites for hydroxylation is 1. The Morgan fingerprint density at radius 1 is 1.07 bits per heavy atom. The van der Waals surface area contributed by atoms with E-state index in [1.807, 2.05) is 6.07 Å². The Balaban J connectivity index is 1.81. The number of imidazole rings is 1. The van der Waals surface area contributed by atoms with E-state index in [0.717, 1.165) is 5.69 Å². The molecule has 7 nitrogen and oxygen atoms in total. The third kappa shape index (κ3) is 2.38. The number of rotatable bonds is 1. The zero-order chi connectivity index (χ0) is 19.5. The molecule has 0 unspecified atom stereocenters. The standard InChI is InChI=1S/C18H12F3N7/c1-8-12(15(28-27-8)18(19,20)21)17-25-13-9-3-2-5-23-16(9)24-11-4-6-22-7-10(11)14(13)26-17/h2-7H,1H3,(H,23,24)(H,25,26)(H,27,28). The third-order valence-electron chi connectivity index (χ3n) is 4.56. The van der Waals surface area contributed by atoms with Crippen LogP contribution in [0.2, 0.25) is 0 Å². The molecule has 0 aromatic carbocycles. The maximum atomic E-state index is 13.4. The molecule has 4 aromatic heterocycles. The lowest BCUT2D eigenvalue weighted by molar-refractivity contribution is -0.140. The molecule has 1 aliphatic rings. The molecule has 0 amide bonds. The lowest BCUT2D eigenvalue weighted by atomic mass is 10.1. The number of H-pyrrole nitrogens is 2. The number of halogens is 3. The number of nitrogens with zero attached hydrogens (tertiary/aromatic N) is 4. The summed E-state index contributed by atoms with van der Waals surface area (Å²) >= 11 is 0. The molecule has 1 aliphatic heterocycles. The normalized spacial score (nSPS) is 12.6. The van der Waals surface area contributed by atoms with Gasteiger partial charge in [-0.1, -0.05) is 0 Å². The fourth-order valence-electron chi connectivity index (χ4n) is 3.33. The van der Waals surface area contributed by atoms with Crippen LogP contribution in [0.1, 0.15) is 11.4 Å². The molecule has 0 bridgehead atoms. The molecule has 0 saturated heterocycles. The largest absolute Gasteiger partial charge is 0.435 e. The van der Waals surface area contributed by atoms with E-state index in [0.29, 0.717) is 28.3 Å². The molecule has 5 rings (SSSR count). The zero-order valence-corrected chi connectivity index (χ0v) is 14.4. The number of fused-ring (bicyclic) bond motifs is 5. The van der Waals surface area contributed by atoms with Crippen LogP contribution >= 0.6 is 0 Å². The van der Waals surface area contributed by atoms with Crippen LogP contribution in [0, 0.1) is 6.92 Å². The van der Waals surface area contributed by atoms with Crippen molar-refractivity contribution in [2.24, 2.45) is 0 Å². The minimum absolute atomic E-state index is 0.0788. The molecule has 0 aliphatic carbocycles. The third-order valence-corrected chi connectivity index (χ3v) is 4.56. The summed E-state index contributed by atoms with van der Waals surface area (Å²) in [6, 6.07) is 5.33. The van der Waals surface area contributed by atoms with E-state index in [-0.39, 0.29) is 17.1 Å². The first-order valence-electron chi connectivity index (χ1n) is 8.33. The fourth-order valence-corrected chi connectivity index (χ4v) is 3.33. The van der Waals surface area contributed by atoms with Crippen LogP contribution in [-0.2, 0) is 6.18 Å². The molecular formula is C18H12F3N7. The molecule has 140 valence electrons. The Morgan fingerprint density at radius 2 is 1.93 bits per heavy atom. The fraction of sp³-hybridized carbons (Fsp3) is 0.111. The Kier molecular flexibility index (Phi) is 3.33. The predicted octanol–water partition coefficient (Wildman–Crippen LogP) is 4.31. The summed E-state index contributed by atoms with van der Waals surface area (Å²) in [6.07, 6.45) is 0.276. The van der Waals surface area contributed by atoms with E-state index in [1.54, 1.807) is 30.7 Å². The first kappa shape index (κ1) is 16.5. The summed E-state index contributed by atoms with van der Waals surface area (Å²) in [5.74, 6) is 0.641. The highest BCUT2D eigenvalue weighted by Gasteiger charge is 2.39. The van der Waals surface area contributed by atoms with Gasteiger partial charge in [-0.05, 0) is 25.1 Å². The van der Waals surface area contributed by atoms with Crippen LogP contribution in [0.5, 0.6) is 0 Å². The number of aromatic nitrogens is 6. The molecule has 0 radical (unpaired) electrons. The van der Waals surface area contributed by atoms with Crippen molar-refractivity contribution in [3.8, 4) is 33.9 Å². The Hall–Kier alpha value is -3.69. The maximum Gasteiger partial charge on any atom is 0.435 e. The Labute approximate surface area is 156 Å². The highest BCUT2D eigenvalue weighted by molar-refractivity contribution is 5.95. The first-order chi connectivity index (χ1) is 13.4. The van der Waals surface area contributed by atoms with Crippen molar-refractivity contribution >= 4 is 11.5 Å². The molecular weight excluding hydrogens is 371 g/mol. The second-order valence-corrected chi connectivity index (χ2v) is 6.32. The van der Waals surface area contributed by atoms with Gasteiger partial charge in [0.2, 0.25) is 0 Å². The number of hydrogen-bond acceptors (Lipinski definition) is 5. The van der Waals surface area contributed by atoms with Gasteiger partial charge in [-0.3, -0.25) is 10.1 Å². The Bertz CT molecular complexity index is 1140. The highest BCUT2D eigenvalue weighted by atomic mass is 19.4. The van der Waals surface area contributed by atoms with Gasteiger partial charge in [0.05, 0.1) is 16.9 Å². The van der Waals surface area contributed by atoms with Crippen LogP contribution in [0.4, 0.5) is 24.7 Å². The second kappa shape index (κ2) is 5.65. The molecule has 0 spiro atoms. The van der Waals surface area contributed by atoms with E-state index in [1.165, 1.54) is 6.92 Å². The minimum Gasteiger partial charge on any atom is -0.339 e. The lowest BCUT2D eigenvalue weighted by Crippen LogP contribution is -2.07. The van der Waals surface area contributed by atoms with Crippen LogP contribution < -0.4 is 5.32 Å². The monoisotopic (exact) mass is 383 g/mol. The van der Waals surface area contributed by atoms with Gasteiger partial charge in [0.15, 0.2) is 5.69 Å². The summed E-state index contributed by atoms with van der Waals surface area (Å²) in [4.78, 5) is 16.0. The van der Waals surface area contributed by atoms with Crippen molar-refractivity contribution in [3.63, 3.8) is 0 Å². The van der Waals surface area contributed by atoms with Gasteiger partial charge in [-0.15, -0.1) is 0 Å². The van der Waals surface area contributed by atoms with Crippen molar-refractivity contribution in [1.82, 2.24) is 30.1 Å². The van der Waals surface area contributed by atoms with E-state index in [9.17, 15) is 13.2 Å². The van der Waals surface area contributed by atoms with Crippen LogP contribution in [0.3, 0.4) is 0 Å². The summed E-state index contributed by atoms with van der Waals surface area (Å²) < 4.78 is 40.3. The van der Waals surface area contributed by atoms with Gasteiger partial charge in [-0.25, -0.2) is 9.97 Å². The minimum atomic E-state index is -4.61. The molecule has 3 N–H and O–H groups in total. The SMILES string of the molecule is Cc1[nH]nc(C(F)(F)F)c1-c1nc2c([nH]1)-c1cnccc1Nc1ncccc1-2. The van der Waals surface area contributed by atoms with Crippen LogP contribution in [-0.4, -0.2) is 30.1 Å². The van der Waals surface area contributed by atoms with Gasteiger partial charge >= 0.3 is 6.18 Å². The van der Waals surface area contributed by atoms with E-state index >= 15 is 0 Å². The van der Waals surface area contributed by atoms with Gasteiger partial charge in [0.1, 0.15) is 17.3 Å². The van der Waals surface area contributed by atoms with Gasteiger partial charge in [-0.2, -0.15) is 18.3 Å². The topological polar surface area (TPSA) is 95.2 Å². The Morgan fingerprint density at radius 3 is 2.75 bits per heavy atom. The van der Waals surface area contributed by atoms with Gasteiger partial charge in [0.25, 0.3) is 0 Å². The molecule has 0 fully saturated rings. The lowest BCUT2D eigenvalue weighted by Gasteiger charge is -2.08. The smallest absolute Gasteiger partial charge is 0.339 e. The molecule has 0 saturated carbocycles. The van der Waals surface area contributed by atoms with E-state index < -0.39 is 11.9 Å². The summed E-state index contributed by atoms with van der Waals surface area (Å²) in [6.45, 7) is 1.53. The van der Waals surface area contributed by atoms with Gasteiger partial charge in [0, 0.05) is 35.4 Å². The number of pyridine rings is 2. The predicted molar refractivity (Wildman–Crippen MR) is 95.7 cm³/mol. The quantitative estimate of drug-likeness (QED) is 0.401. The summed E-state index contributed by atoms with van der Waals surface area (Å²) in [7, 11) is 0. The summed E-state index contributed by atoms with van der Waals surface area (Å²) in [5.41, 5.74) is 2.29. The number of aromatic amines is 2. The number of nitrogens with one attached hydrogen (secondary N) is 3. The summed E-state index contributed by atoms with van der Waals surface area (Å²) in [5, 5.41) is 9.06. The first-order valence-corrected chi connectivity index (χ1v) is 8.33. The number of anilines is 2. The van der Waals surface area contributed by atoms with Crippen LogP contribution in [0.15, 0.2) is 36.8 Å². The van der Waals surface area contributed by atoms with Crippen molar-refractivity contribution in [2.75, 3.05) is 5.32 Å². The second-order valence-electron chi connectivity index (χ2n) is 6.32. The number of alkyl halides is 3. The molecule has 4 aromatic rings. The van der Waals surface area contributed by atoms with Crippen molar-refractivity contribution in [2.45, 2.75) is 13.1 Å². The van der Waals surface area contributed by atoms with Gasteiger partial charge < -0.3 is 10.3 Å². The highest BCUT2D eigenvalue weighted by Crippen LogP contribution is 2.44. The average Bonchev–Trinajstić information content (AvgIpc) is 3.23.